The number of carbonyl (C=O) groups excluding carboxylic acids is 1. The molecule has 3 heterocycles. The standard InChI is InChI=1S/C16H15N3OS/c1-18-8-7-12-14(9-18)21-16-17-15(13(10-20)19(12)16)11-5-3-2-4-6-11/h2-6,10H,7-9H2,1H3. The zero-order chi connectivity index (χ0) is 14.4. The van der Waals surface area contributed by atoms with Gasteiger partial charge in [-0.3, -0.25) is 9.20 Å². The van der Waals surface area contributed by atoms with Crippen molar-refractivity contribution >= 4 is 22.6 Å². The number of fused-ring (bicyclic) bond motifs is 3. The Morgan fingerprint density at radius 1 is 1.29 bits per heavy atom. The van der Waals surface area contributed by atoms with Gasteiger partial charge < -0.3 is 4.90 Å². The van der Waals surface area contributed by atoms with Crippen LogP contribution in [0, 0.1) is 0 Å². The number of rotatable bonds is 2. The lowest BCUT2D eigenvalue weighted by Crippen LogP contribution is -2.26. The predicted molar refractivity (Wildman–Crippen MR) is 83.9 cm³/mol. The average molecular weight is 297 g/mol. The number of aldehydes is 1. The average Bonchev–Trinajstić information content (AvgIpc) is 3.02. The molecular formula is C16H15N3OS. The highest BCUT2D eigenvalue weighted by molar-refractivity contribution is 7.17. The van der Waals surface area contributed by atoms with Gasteiger partial charge >= 0.3 is 0 Å². The fraction of sp³-hybridized carbons (Fsp3) is 0.250. The first-order valence-electron chi connectivity index (χ1n) is 7.00. The van der Waals surface area contributed by atoms with E-state index in [9.17, 15) is 4.79 Å². The summed E-state index contributed by atoms with van der Waals surface area (Å²) in [5.74, 6) is 0. The topological polar surface area (TPSA) is 37.6 Å². The first-order valence-corrected chi connectivity index (χ1v) is 7.81. The lowest BCUT2D eigenvalue weighted by molar-refractivity contribution is 0.111. The second kappa shape index (κ2) is 4.79. The van der Waals surface area contributed by atoms with Crippen LogP contribution in [0.25, 0.3) is 16.2 Å². The molecule has 0 amide bonds. The van der Waals surface area contributed by atoms with Gasteiger partial charge in [-0.05, 0) is 7.05 Å². The number of aromatic nitrogens is 2. The van der Waals surface area contributed by atoms with Crippen molar-refractivity contribution in [2.75, 3.05) is 13.6 Å². The molecule has 1 aliphatic heterocycles. The molecule has 0 radical (unpaired) electrons. The zero-order valence-corrected chi connectivity index (χ0v) is 12.6. The molecule has 0 N–H and O–H groups in total. The number of likely N-dealkylation sites (N-methyl/N-ethyl adjacent to an activating group) is 1. The minimum absolute atomic E-state index is 0.679. The van der Waals surface area contributed by atoms with E-state index in [0.29, 0.717) is 5.69 Å². The van der Waals surface area contributed by atoms with Crippen LogP contribution in [0.5, 0.6) is 0 Å². The number of hydrogen-bond donors (Lipinski definition) is 0. The summed E-state index contributed by atoms with van der Waals surface area (Å²) >= 11 is 1.70. The van der Waals surface area contributed by atoms with Crippen molar-refractivity contribution in [3.8, 4) is 11.3 Å². The van der Waals surface area contributed by atoms with Gasteiger partial charge in [-0.1, -0.05) is 41.7 Å². The van der Waals surface area contributed by atoms with E-state index in [-0.39, 0.29) is 0 Å². The molecule has 0 fully saturated rings. The first-order chi connectivity index (χ1) is 10.3. The second-order valence-corrected chi connectivity index (χ2v) is 6.47. The van der Waals surface area contributed by atoms with Crippen LogP contribution >= 0.6 is 11.3 Å². The highest BCUT2D eigenvalue weighted by Crippen LogP contribution is 2.33. The summed E-state index contributed by atoms with van der Waals surface area (Å²) in [6, 6.07) is 9.92. The quantitative estimate of drug-likeness (QED) is 0.683. The molecule has 0 spiro atoms. The summed E-state index contributed by atoms with van der Waals surface area (Å²) < 4.78 is 2.06. The Bertz CT molecular complexity index is 819. The molecule has 5 heteroatoms. The highest BCUT2D eigenvalue weighted by Gasteiger charge is 2.24. The highest BCUT2D eigenvalue weighted by atomic mass is 32.1. The van der Waals surface area contributed by atoms with Crippen LogP contribution in [0.4, 0.5) is 0 Å². The van der Waals surface area contributed by atoms with Crippen molar-refractivity contribution in [2.45, 2.75) is 13.0 Å². The van der Waals surface area contributed by atoms with Gasteiger partial charge in [0.05, 0.1) is 0 Å². The molecule has 0 saturated carbocycles. The van der Waals surface area contributed by atoms with Crippen molar-refractivity contribution in [3.05, 3.63) is 46.6 Å². The molecule has 0 bridgehead atoms. The lowest BCUT2D eigenvalue weighted by atomic mass is 10.1. The van der Waals surface area contributed by atoms with Gasteiger partial charge in [-0.25, -0.2) is 4.98 Å². The van der Waals surface area contributed by atoms with Gasteiger partial charge in [0.1, 0.15) is 11.4 Å². The SMILES string of the molecule is CN1CCc2c(sc3nc(-c4ccccc4)c(C=O)n23)C1. The second-order valence-electron chi connectivity index (χ2n) is 5.41. The number of thiazole rings is 1. The maximum absolute atomic E-state index is 11.7. The van der Waals surface area contributed by atoms with Crippen LogP contribution in [-0.4, -0.2) is 34.2 Å². The van der Waals surface area contributed by atoms with E-state index in [2.05, 4.69) is 16.3 Å². The van der Waals surface area contributed by atoms with Crippen LogP contribution in [0.3, 0.4) is 0 Å². The van der Waals surface area contributed by atoms with Crippen molar-refractivity contribution in [2.24, 2.45) is 0 Å². The van der Waals surface area contributed by atoms with E-state index in [4.69, 9.17) is 4.98 Å². The van der Waals surface area contributed by atoms with Gasteiger partial charge in [0, 0.05) is 35.6 Å². The summed E-state index contributed by atoms with van der Waals surface area (Å²) in [6.45, 7) is 1.97. The van der Waals surface area contributed by atoms with Gasteiger partial charge in [0.15, 0.2) is 11.2 Å². The van der Waals surface area contributed by atoms with Crippen molar-refractivity contribution < 1.29 is 4.79 Å². The molecule has 106 valence electrons. The monoisotopic (exact) mass is 297 g/mol. The van der Waals surface area contributed by atoms with Crippen LogP contribution in [0.2, 0.25) is 0 Å². The van der Waals surface area contributed by atoms with Crippen LogP contribution < -0.4 is 0 Å². The fourth-order valence-corrected chi connectivity index (χ4v) is 4.20. The molecule has 21 heavy (non-hydrogen) atoms. The molecule has 3 aromatic rings. The summed E-state index contributed by atoms with van der Waals surface area (Å²) in [7, 11) is 2.13. The summed E-state index contributed by atoms with van der Waals surface area (Å²) in [4.78, 5) is 20.9. The van der Waals surface area contributed by atoms with Crippen molar-refractivity contribution in [3.63, 3.8) is 0 Å². The molecule has 0 aliphatic carbocycles. The Morgan fingerprint density at radius 2 is 2.10 bits per heavy atom. The normalized spacial score (nSPS) is 15.3. The first kappa shape index (κ1) is 12.7. The van der Waals surface area contributed by atoms with E-state index in [1.807, 2.05) is 30.3 Å². The Hall–Kier alpha value is -1.98. The van der Waals surface area contributed by atoms with Gasteiger partial charge in [0.2, 0.25) is 0 Å². The van der Waals surface area contributed by atoms with E-state index >= 15 is 0 Å². The largest absolute Gasteiger partial charge is 0.301 e. The van der Waals surface area contributed by atoms with Crippen molar-refractivity contribution in [1.82, 2.24) is 14.3 Å². The summed E-state index contributed by atoms with van der Waals surface area (Å²) in [5, 5.41) is 0. The predicted octanol–water partition coefficient (Wildman–Crippen LogP) is 2.86. The third kappa shape index (κ3) is 1.92. The number of nitrogens with zero attached hydrogens (tertiary/aromatic N) is 3. The van der Waals surface area contributed by atoms with E-state index < -0.39 is 0 Å². The Balaban J connectivity index is 1.96. The smallest absolute Gasteiger partial charge is 0.195 e. The van der Waals surface area contributed by atoms with Gasteiger partial charge in [-0.15, -0.1) is 0 Å². The van der Waals surface area contributed by atoms with Crippen molar-refractivity contribution in [1.29, 1.82) is 0 Å². The maximum atomic E-state index is 11.7. The molecule has 4 nitrogen and oxygen atoms in total. The third-order valence-corrected chi connectivity index (χ3v) is 5.06. The molecule has 1 aliphatic rings. The molecule has 2 aromatic heterocycles. The minimum atomic E-state index is 0.679. The molecule has 0 saturated heterocycles. The molecule has 0 atom stereocenters. The third-order valence-electron chi connectivity index (χ3n) is 3.99. The molecule has 4 rings (SSSR count). The van der Waals surface area contributed by atoms with E-state index in [0.717, 1.165) is 42.0 Å². The minimum Gasteiger partial charge on any atom is -0.301 e. The molecule has 1 aromatic carbocycles. The Morgan fingerprint density at radius 3 is 2.86 bits per heavy atom. The number of hydrogen-bond acceptors (Lipinski definition) is 4. The number of benzene rings is 1. The maximum Gasteiger partial charge on any atom is 0.195 e. The van der Waals surface area contributed by atoms with Gasteiger partial charge in [0.25, 0.3) is 0 Å². The lowest BCUT2D eigenvalue weighted by Gasteiger charge is -2.21. The molecular weight excluding hydrogens is 282 g/mol. The van der Waals surface area contributed by atoms with Gasteiger partial charge in [-0.2, -0.15) is 0 Å². The van der Waals surface area contributed by atoms with Crippen LogP contribution in [0.15, 0.2) is 30.3 Å². The Kier molecular flexibility index (Phi) is 2.90. The summed E-state index contributed by atoms with van der Waals surface area (Å²) in [5.41, 5.74) is 3.72. The molecule has 0 unspecified atom stereocenters. The van der Waals surface area contributed by atoms with Crippen LogP contribution in [0.1, 0.15) is 21.1 Å². The fourth-order valence-electron chi connectivity index (χ4n) is 2.95. The Labute approximate surface area is 126 Å². The van der Waals surface area contributed by atoms with E-state index in [1.54, 1.807) is 11.3 Å². The number of imidazole rings is 1. The number of carbonyl (C=O) groups is 1. The van der Waals surface area contributed by atoms with Crippen LogP contribution in [-0.2, 0) is 13.0 Å². The van der Waals surface area contributed by atoms with E-state index in [1.165, 1.54) is 10.6 Å². The summed E-state index contributed by atoms with van der Waals surface area (Å²) in [6.07, 6.45) is 1.91. The zero-order valence-electron chi connectivity index (χ0n) is 11.7.